The van der Waals surface area contributed by atoms with Crippen LogP contribution in [0.4, 0.5) is 0 Å². The number of benzene rings is 2. The van der Waals surface area contributed by atoms with Gasteiger partial charge < -0.3 is 20.1 Å². The Balaban J connectivity index is 0.00000267. The topological polar surface area (TPSA) is 73.8 Å². The first kappa shape index (κ1) is 33.2. The summed E-state index contributed by atoms with van der Waals surface area (Å²) >= 11 is 0. The first-order valence-corrected chi connectivity index (χ1v) is 13.8. The highest BCUT2D eigenvalue weighted by molar-refractivity contribution is 5.87. The van der Waals surface area contributed by atoms with Crippen molar-refractivity contribution < 1.29 is 14.6 Å². The molecule has 2 aliphatic rings. The quantitative estimate of drug-likeness (QED) is 0.386. The molecule has 8 heteroatoms. The van der Waals surface area contributed by atoms with Gasteiger partial charge in [-0.15, -0.1) is 24.8 Å². The van der Waals surface area contributed by atoms with Gasteiger partial charge >= 0.3 is 0 Å². The van der Waals surface area contributed by atoms with Crippen molar-refractivity contribution in [3.05, 3.63) is 59.2 Å². The summed E-state index contributed by atoms with van der Waals surface area (Å²) in [5.41, 5.74) is 2.95. The minimum Gasteiger partial charge on any atom is -0.508 e. The Labute approximate surface area is 247 Å². The Bertz CT molecular complexity index is 1120. The van der Waals surface area contributed by atoms with E-state index >= 15 is 0 Å². The van der Waals surface area contributed by atoms with E-state index < -0.39 is 5.54 Å². The number of phenols is 1. The number of phenolic OH excluding ortho intramolecular Hbond substituents is 1. The third kappa shape index (κ3) is 7.21. The molecule has 39 heavy (non-hydrogen) atoms. The summed E-state index contributed by atoms with van der Waals surface area (Å²) in [7, 11) is 1.73. The zero-order valence-corrected chi connectivity index (χ0v) is 25.9. The third-order valence-corrected chi connectivity index (χ3v) is 9.30. The minimum absolute atomic E-state index is 0. The molecule has 3 N–H and O–H groups in total. The molecule has 5 atom stereocenters. The van der Waals surface area contributed by atoms with Crippen molar-refractivity contribution in [3.63, 3.8) is 0 Å². The second kappa shape index (κ2) is 13.6. The van der Waals surface area contributed by atoms with Gasteiger partial charge in [-0.3, -0.25) is 10.1 Å². The predicted octanol–water partition coefficient (Wildman–Crippen LogP) is 5.48. The van der Waals surface area contributed by atoms with E-state index in [0.29, 0.717) is 24.8 Å². The van der Waals surface area contributed by atoms with Gasteiger partial charge in [-0.1, -0.05) is 52.3 Å². The highest BCUT2D eigenvalue weighted by atomic mass is 35.5. The SMILES string of the molecule is CC[C@H](C)[C@@H](CN1CC[C@@](C)(c2cccc(OC)c2)[C@@H](C)C1)NC(=O)[C@@]1(C)Cc2ccc(O)cc2CN1.Cl.Cl. The summed E-state index contributed by atoms with van der Waals surface area (Å²) in [5, 5.41) is 16.7. The first-order valence-electron chi connectivity index (χ1n) is 13.8. The lowest BCUT2D eigenvalue weighted by Crippen LogP contribution is -2.62. The van der Waals surface area contributed by atoms with Crippen LogP contribution in [0.5, 0.6) is 11.5 Å². The normalized spacial score (nSPS) is 26.3. The molecule has 2 aromatic rings. The van der Waals surface area contributed by atoms with Gasteiger partial charge in [0.1, 0.15) is 11.5 Å². The number of hydrogen-bond donors (Lipinski definition) is 3. The molecule has 218 valence electrons. The number of halogens is 2. The molecule has 1 fully saturated rings. The van der Waals surface area contributed by atoms with E-state index in [-0.39, 0.29) is 47.9 Å². The summed E-state index contributed by atoms with van der Waals surface area (Å²) in [6.07, 6.45) is 2.70. The molecule has 6 nitrogen and oxygen atoms in total. The largest absolute Gasteiger partial charge is 0.508 e. The molecule has 0 aliphatic carbocycles. The summed E-state index contributed by atoms with van der Waals surface area (Å²) in [6, 6.07) is 14.0. The van der Waals surface area contributed by atoms with Crippen LogP contribution in [0.3, 0.4) is 0 Å². The van der Waals surface area contributed by atoms with Gasteiger partial charge in [0, 0.05) is 25.7 Å². The number of carbonyl (C=O) groups is 1. The van der Waals surface area contributed by atoms with Crippen LogP contribution < -0.4 is 15.4 Å². The smallest absolute Gasteiger partial charge is 0.240 e. The Morgan fingerprint density at radius 3 is 2.62 bits per heavy atom. The number of hydrogen-bond acceptors (Lipinski definition) is 5. The van der Waals surface area contributed by atoms with E-state index in [1.54, 1.807) is 19.2 Å². The summed E-state index contributed by atoms with van der Waals surface area (Å²) in [5.74, 6) is 2.10. The first-order chi connectivity index (χ1) is 17.6. The molecule has 0 bridgehead atoms. The molecule has 4 rings (SSSR count). The van der Waals surface area contributed by atoms with E-state index in [0.717, 1.165) is 49.4 Å². The van der Waals surface area contributed by atoms with E-state index in [1.807, 2.05) is 19.1 Å². The Hall–Kier alpha value is -1.99. The Kier molecular flexibility index (Phi) is 11.6. The van der Waals surface area contributed by atoms with Crippen LogP contribution >= 0.6 is 24.8 Å². The number of methoxy groups -OCH3 is 1. The number of carbonyl (C=O) groups excluding carboxylic acids is 1. The van der Waals surface area contributed by atoms with Gasteiger partial charge in [-0.25, -0.2) is 0 Å². The van der Waals surface area contributed by atoms with E-state index in [4.69, 9.17) is 4.74 Å². The van der Waals surface area contributed by atoms with Crippen molar-refractivity contribution >= 4 is 30.7 Å². The van der Waals surface area contributed by atoms with Crippen LogP contribution in [0.25, 0.3) is 0 Å². The summed E-state index contributed by atoms with van der Waals surface area (Å²) < 4.78 is 5.49. The highest BCUT2D eigenvalue weighted by Crippen LogP contribution is 2.40. The van der Waals surface area contributed by atoms with Crippen molar-refractivity contribution in [3.8, 4) is 11.5 Å². The molecule has 0 saturated carbocycles. The van der Waals surface area contributed by atoms with Crippen molar-refractivity contribution in [1.29, 1.82) is 0 Å². The molecule has 0 aromatic heterocycles. The molecule has 2 aliphatic heterocycles. The maximum Gasteiger partial charge on any atom is 0.240 e. The van der Waals surface area contributed by atoms with Crippen LogP contribution in [0.15, 0.2) is 42.5 Å². The van der Waals surface area contributed by atoms with Gasteiger partial charge in [0.2, 0.25) is 5.91 Å². The fourth-order valence-corrected chi connectivity index (χ4v) is 5.99. The Morgan fingerprint density at radius 1 is 1.21 bits per heavy atom. The lowest BCUT2D eigenvalue weighted by atomic mass is 9.68. The maximum absolute atomic E-state index is 13.6. The zero-order chi connectivity index (χ0) is 26.8. The van der Waals surface area contributed by atoms with Gasteiger partial charge in [-0.2, -0.15) is 0 Å². The van der Waals surface area contributed by atoms with E-state index in [1.165, 1.54) is 5.56 Å². The van der Waals surface area contributed by atoms with Gasteiger partial charge in [0.25, 0.3) is 0 Å². The maximum atomic E-state index is 13.6. The van der Waals surface area contributed by atoms with Crippen molar-refractivity contribution in [2.45, 2.75) is 77.4 Å². The van der Waals surface area contributed by atoms with Crippen LogP contribution in [0.2, 0.25) is 0 Å². The number of fused-ring (bicyclic) bond motifs is 1. The number of amides is 1. The molecule has 0 spiro atoms. The van der Waals surface area contributed by atoms with E-state index in [2.05, 4.69) is 61.4 Å². The summed E-state index contributed by atoms with van der Waals surface area (Å²) in [4.78, 5) is 16.2. The molecule has 0 radical (unpaired) electrons. The van der Waals surface area contributed by atoms with Crippen LogP contribution in [-0.2, 0) is 23.2 Å². The van der Waals surface area contributed by atoms with Crippen molar-refractivity contribution in [2.24, 2.45) is 11.8 Å². The second-order valence-corrected chi connectivity index (χ2v) is 11.8. The highest BCUT2D eigenvalue weighted by Gasteiger charge is 2.41. The van der Waals surface area contributed by atoms with Crippen LogP contribution in [0.1, 0.15) is 64.2 Å². The molecule has 1 amide bonds. The number of piperidine rings is 1. The van der Waals surface area contributed by atoms with Crippen molar-refractivity contribution in [1.82, 2.24) is 15.5 Å². The molecule has 1 saturated heterocycles. The van der Waals surface area contributed by atoms with E-state index in [9.17, 15) is 9.90 Å². The monoisotopic (exact) mass is 579 g/mol. The van der Waals surface area contributed by atoms with Gasteiger partial charge in [0.15, 0.2) is 0 Å². The van der Waals surface area contributed by atoms with Gasteiger partial charge in [0.05, 0.1) is 12.6 Å². The van der Waals surface area contributed by atoms with Gasteiger partial charge in [-0.05, 0) is 84.5 Å². The third-order valence-electron chi connectivity index (χ3n) is 9.30. The lowest BCUT2D eigenvalue weighted by Gasteiger charge is -2.46. The molecule has 2 heterocycles. The average Bonchev–Trinajstić information content (AvgIpc) is 2.90. The fourth-order valence-electron chi connectivity index (χ4n) is 5.99. The number of ether oxygens (including phenoxy) is 1. The molecule has 0 unspecified atom stereocenters. The van der Waals surface area contributed by atoms with Crippen LogP contribution in [0, 0.1) is 11.8 Å². The number of nitrogens with one attached hydrogen (secondary N) is 2. The van der Waals surface area contributed by atoms with Crippen molar-refractivity contribution in [2.75, 3.05) is 26.7 Å². The molecule has 2 aromatic carbocycles. The fraction of sp³-hybridized carbons (Fsp3) is 0.581. The molecular formula is C31H47Cl2N3O3. The standard InChI is InChI=1S/C31H45N3O3.2ClH/c1-7-21(2)28(33-29(36)31(5)17-23-11-12-26(35)15-24(23)18-32-31)20-34-14-13-30(4,22(3)19-34)25-9-8-10-27(16-25)37-6;;/h8-12,15-16,21-22,28,32,35H,7,13-14,17-20H2,1-6H3,(H,33,36);2*1H/t21-,22-,28+,30+,31+;;/m0../s1. The lowest BCUT2D eigenvalue weighted by molar-refractivity contribution is -0.128. The minimum atomic E-state index is -0.671. The summed E-state index contributed by atoms with van der Waals surface area (Å²) in [6.45, 7) is 14.6. The average molecular weight is 581 g/mol. The zero-order valence-electron chi connectivity index (χ0n) is 24.3. The number of likely N-dealkylation sites (tertiary alicyclic amines) is 1. The van der Waals surface area contributed by atoms with Crippen LogP contribution in [-0.4, -0.2) is 54.2 Å². The number of aromatic hydroxyl groups is 1. The Morgan fingerprint density at radius 2 is 1.95 bits per heavy atom. The predicted molar refractivity (Wildman–Crippen MR) is 164 cm³/mol. The molecular weight excluding hydrogens is 533 g/mol. The number of rotatable bonds is 8. The number of nitrogens with zero attached hydrogens (tertiary/aromatic N) is 1. The second-order valence-electron chi connectivity index (χ2n) is 11.8.